The minimum absolute atomic E-state index is 0.0937. The number of aromatic nitrogens is 3. The first kappa shape index (κ1) is 25.4. The van der Waals surface area contributed by atoms with Gasteiger partial charge in [-0.3, -0.25) is 19.0 Å². The quantitative estimate of drug-likeness (QED) is 0.319. The zero-order chi connectivity index (χ0) is 26.4. The number of nitrogens with one attached hydrogen (secondary N) is 1. The van der Waals surface area contributed by atoms with Gasteiger partial charge in [0.15, 0.2) is 0 Å². The zero-order valence-electron chi connectivity index (χ0n) is 19.7. The van der Waals surface area contributed by atoms with E-state index in [9.17, 15) is 14.4 Å². The van der Waals surface area contributed by atoms with Crippen LogP contribution in [-0.2, 0) is 22.5 Å². The molecule has 0 atom stereocenters. The summed E-state index contributed by atoms with van der Waals surface area (Å²) in [7, 11) is 1.26. The summed E-state index contributed by atoms with van der Waals surface area (Å²) in [6, 6.07) is 18.6. The first-order valence-corrected chi connectivity index (χ1v) is 11.4. The SMILES string of the molecule is COC(=O)Cc1cnc(Nc2ccc(Oc3cccc(C(N)=O)n3)cc2)n(Cc2ccc(Cl)cc2)c1=O. The third kappa shape index (κ3) is 6.50. The molecule has 0 saturated heterocycles. The van der Waals surface area contributed by atoms with Crippen LogP contribution in [0.4, 0.5) is 11.6 Å². The van der Waals surface area contributed by atoms with Crippen molar-refractivity contribution in [2.45, 2.75) is 13.0 Å². The number of hydrogen-bond acceptors (Lipinski definition) is 8. The number of ether oxygens (including phenoxy) is 2. The topological polar surface area (TPSA) is 138 Å². The van der Waals surface area contributed by atoms with Crippen LogP contribution in [-0.4, -0.2) is 33.5 Å². The molecule has 0 spiro atoms. The average molecular weight is 520 g/mol. The number of carbonyl (C=O) groups is 2. The first-order chi connectivity index (χ1) is 17.8. The van der Waals surface area contributed by atoms with Crippen molar-refractivity contribution in [1.29, 1.82) is 0 Å². The number of carbonyl (C=O) groups excluding carboxylic acids is 2. The van der Waals surface area contributed by atoms with E-state index in [0.717, 1.165) is 5.56 Å². The summed E-state index contributed by atoms with van der Waals surface area (Å²) in [6.45, 7) is 0.198. The number of primary amides is 1. The highest BCUT2D eigenvalue weighted by Gasteiger charge is 2.15. The van der Waals surface area contributed by atoms with Crippen molar-refractivity contribution in [3.63, 3.8) is 0 Å². The number of anilines is 2. The predicted molar refractivity (Wildman–Crippen MR) is 137 cm³/mol. The molecule has 11 heteroatoms. The Labute approximate surface area is 216 Å². The lowest BCUT2D eigenvalue weighted by Gasteiger charge is -2.15. The van der Waals surface area contributed by atoms with Crippen LogP contribution in [0.5, 0.6) is 11.6 Å². The van der Waals surface area contributed by atoms with E-state index in [4.69, 9.17) is 26.8 Å². The fraction of sp³-hybridized carbons (Fsp3) is 0.115. The Kier molecular flexibility index (Phi) is 7.80. The van der Waals surface area contributed by atoms with Gasteiger partial charge in [0.1, 0.15) is 11.4 Å². The number of pyridine rings is 1. The summed E-state index contributed by atoms with van der Waals surface area (Å²) in [5.74, 6) is -0.224. The van der Waals surface area contributed by atoms with Crippen LogP contribution < -0.4 is 21.3 Å². The summed E-state index contributed by atoms with van der Waals surface area (Å²) in [6.07, 6.45) is 1.16. The number of halogens is 1. The Balaban J connectivity index is 1.58. The molecule has 4 aromatic rings. The molecule has 4 rings (SSSR count). The predicted octanol–water partition coefficient (Wildman–Crippen LogP) is 3.69. The third-order valence-electron chi connectivity index (χ3n) is 5.24. The maximum absolute atomic E-state index is 13.2. The van der Waals surface area contributed by atoms with Crippen LogP contribution in [0.3, 0.4) is 0 Å². The van der Waals surface area contributed by atoms with Crippen molar-refractivity contribution >= 4 is 35.1 Å². The highest BCUT2D eigenvalue weighted by atomic mass is 35.5. The summed E-state index contributed by atoms with van der Waals surface area (Å²) >= 11 is 5.99. The second-order valence-corrected chi connectivity index (χ2v) is 8.29. The van der Waals surface area contributed by atoms with E-state index in [-0.39, 0.29) is 41.6 Å². The number of esters is 1. The number of rotatable bonds is 9. The van der Waals surface area contributed by atoms with Gasteiger partial charge in [-0.2, -0.15) is 0 Å². The van der Waals surface area contributed by atoms with Crippen LogP contribution in [0.15, 0.2) is 77.7 Å². The summed E-state index contributed by atoms with van der Waals surface area (Å²) < 4.78 is 11.8. The molecule has 2 aromatic heterocycles. The molecule has 0 aliphatic rings. The number of hydrogen-bond donors (Lipinski definition) is 2. The van der Waals surface area contributed by atoms with E-state index in [1.54, 1.807) is 60.7 Å². The van der Waals surface area contributed by atoms with Crippen molar-refractivity contribution in [3.8, 4) is 11.6 Å². The molecule has 0 fully saturated rings. The van der Waals surface area contributed by atoms with Crippen LogP contribution in [0, 0.1) is 0 Å². The Bertz CT molecular complexity index is 1490. The highest BCUT2D eigenvalue weighted by Crippen LogP contribution is 2.23. The Morgan fingerprint density at radius 3 is 2.46 bits per heavy atom. The molecule has 188 valence electrons. The van der Waals surface area contributed by atoms with Gasteiger partial charge in [0, 0.05) is 28.5 Å². The van der Waals surface area contributed by atoms with Gasteiger partial charge in [-0.15, -0.1) is 0 Å². The van der Waals surface area contributed by atoms with Gasteiger partial charge in [-0.25, -0.2) is 9.97 Å². The maximum atomic E-state index is 13.2. The second-order valence-electron chi connectivity index (χ2n) is 7.85. The van der Waals surface area contributed by atoms with Crippen molar-refractivity contribution in [3.05, 3.63) is 105 Å². The minimum atomic E-state index is -0.653. The van der Waals surface area contributed by atoms with Crippen molar-refractivity contribution < 1.29 is 19.1 Å². The number of methoxy groups -OCH3 is 1. The second kappa shape index (κ2) is 11.4. The van der Waals surface area contributed by atoms with Crippen molar-refractivity contribution in [1.82, 2.24) is 14.5 Å². The molecule has 37 heavy (non-hydrogen) atoms. The standard InChI is InChI=1S/C26H22ClN5O5/c1-36-23(33)13-17-14-29-26(32(25(17)35)15-16-5-7-18(27)8-6-16)30-19-9-11-20(12-10-19)37-22-4-2-3-21(31-22)24(28)34/h2-12,14H,13,15H2,1H3,(H2,28,34)(H,29,30). The molecule has 2 aromatic carbocycles. The van der Waals surface area contributed by atoms with E-state index in [2.05, 4.69) is 15.3 Å². The Hall–Kier alpha value is -4.70. The van der Waals surface area contributed by atoms with E-state index in [0.29, 0.717) is 16.5 Å². The number of amides is 1. The molecule has 0 radical (unpaired) electrons. The first-order valence-electron chi connectivity index (χ1n) is 11.0. The summed E-state index contributed by atoms with van der Waals surface area (Å²) in [5, 5.41) is 3.71. The molecule has 1 amide bonds. The molecule has 0 aliphatic heterocycles. The molecule has 3 N–H and O–H groups in total. The fourth-order valence-corrected chi connectivity index (χ4v) is 3.49. The maximum Gasteiger partial charge on any atom is 0.310 e. The Morgan fingerprint density at radius 1 is 1.05 bits per heavy atom. The lowest BCUT2D eigenvalue weighted by molar-refractivity contribution is -0.139. The summed E-state index contributed by atoms with van der Waals surface area (Å²) in [5.41, 5.74) is 6.64. The van der Waals surface area contributed by atoms with Gasteiger partial charge >= 0.3 is 5.97 Å². The lowest BCUT2D eigenvalue weighted by atomic mass is 10.2. The van der Waals surface area contributed by atoms with Crippen molar-refractivity contribution in [2.75, 3.05) is 12.4 Å². The third-order valence-corrected chi connectivity index (χ3v) is 5.50. The van der Waals surface area contributed by atoms with E-state index in [1.165, 1.54) is 23.9 Å². The van der Waals surface area contributed by atoms with Gasteiger partial charge in [-0.05, 0) is 48.0 Å². The van der Waals surface area contributed by atoms with Gasteiger partial charge in [0.05, 0.1) is 20.1 Å². The smallest absolute Gasteiger partial charge is 0.310 e. The molecule has 2 heterocycles. The van der Waals surface area contributed by atoms with Gasteiger partial charge in [-0.1, -0.05) is 29.8 Å². The highest BCUT2D eigenvalue weighted by molar-refractivity contribution is 6.30. The molecule has 0 unspecified atom stereocenters. The van der Waals surface area contributed by atoms with Crippen LogP contribution in [0.25, 0.3) is 0 Å². The number of benzene rings is 2. The van der Waals surface area contributed by atoms with Gasteiger partial charge in [0.2, 0.25) is 11.8 Å². The van der Waals surface area contributed by atoms with E-state index in [1.807, 2.05) is 0 Å². The molecule has 0 saturated carbocycles. The molecular formula is C26H22ClN5O5. The van der Waals surface area contributed by atoms with Crippen LogP contribution >= 0.6 is 11.6 Å². The van der Waals surface area contributed by atoms with Crippen LogP contribution in [0.2, 0.25) is 5.02 Å². The van der Waals surface area contributed by atoms with E-state index >= 15 is 0 Å². The minimum Gasteiger partial charge on any atom is -0.469 e. The Morgan fingerprint density at radius 2 is 1.78 bits per heavy atom. The molecular weight excluding hydrogens is 498 g/mol. The molecule has 10 nitrogen and oxygen atoms in total. The zero-order valence-corrected chi connectivity index (χ0v) is 20.4. The molecule has 0 aliphatic carbocycles. The normalized spacial score (nSPS) is 10.5. The van der Waals surface area contributed by atoms with E-state index < -0.39 is 11.9 Å². The largest absolute Gasteiger partial charge is 0.469 e. The van der Waals surface area contributed by atoms with Gasteiger partial charge < -0.3 is 20.5 Å². The fourth-order valence-electron chi connectivity index (χ4n) is 3.37. The van der Waals surface area contributed by atoms with Gasteiger partial charge in [0.25, 0.3) is 11.5 Å². The number of nitrogens with two attached hydrogens (primary N) is 1. The monoisotopic (exact) mass is 519 g/mol. The average Bonchev–Trinajstić information content (AvgIpc) is 2.90. The molecule has 0 bridgehead atoms. The van der Waals surface area contributed by atoms with Crippen LogP contribution in [0.1, 0.15) is 21.6 Å². The summed E-state index contributed by atoms with van der Waals surface area (Å²) in [4.78, 5) is 44.8. The van der Waals surface area contributed by atoms with Crippen molar-refractivity contribution in [2.24, 2.45) is 5.73 Å². The number of nitrogens with zero attached hydrogens (tertiary/aromatic N) is 3. The lowest BCUT2D eigenvalue weighted by Crippen LogP contribution is -2.28.